The van der Waals surface area contributed by atoms with E-state index in [9.17, 15) is 31.1 Å². The number of nitrogens with one attached hydrogen (secondary N) is 2. The highest BCUT2D eigenvalue weighted by atomic mass is 19.4. The maximum absolute atomic E-state index is 12.5. The normalized spacial score (nSPS) is 12.6. The molecular weight excluding hydrogens is 408 g/mol. The van der Waals surface area contributed by atoms with Crippen LogP contribution < -0.4 is 16.4 Å². The molecule has 0 bridgehead atoms. The molecule has 0 saturated carbocycles. The summed E-state index contributed by atoms with van der Waals surface area (Å²) in [6, 6.07) is 4.76. The number of alkyl halides is 6. The van der Waals surface area contributed by atoms with E-state index >= 15 is 0 Å². The van der Waals surface area contributed by atoms with E-state index in [-0.39, 0.29) is 30.8 Å². The highest BCUT2D eigenvalue weighted by Crippen LogP contribution is 2.30. The van der Waals surface area contributed by atoms with Crippen LogP contribution in [0.25, 0.3) is 0 Å². The summed E-state index contributed by atoms with van der Waals surface area (Å²) in [4.78, 5) is 20.3. The Morgan fingerprint density at radius 2 is 1.55 bits per heavy atom. The molecule has 1 rings (SSSR count). The quantitative estimate of drug-likeness (QED) is 0.497. The summed E-state index contributed by atoms with van der Waals surface area (Å²) in [5.41, 5.74) is 5.20. The third kappa shape index (κ3) is 11.2. The average Bonchev–Trinajstić information content (AvgIpc) is 2.58. The molecule has 1 atom stereocenters. The van der Waals surface area contributed by atoms with Gasteiger partial charge in [-0.05, 0) is 30.2 Å². The fourth-order valence-electron chi connectivity index (χ4n) is 1.87. The van der Waals surface area contributed by atoms with Crippen LogP contribution in [0.3, 0.4) is 0 Å². The number of benzene rings is 1. The van der Waals surface area contributed by atoms with Gasteiger partial charge in [-0.2, -0.15) is 26.3 Å². The Bertz CT molecular complexity index is 645. The monoisotopic (exact) mass is 431 g/mol. The molecule has 0 heterocycles. The van der Waals surface area contributed by atoms with Gasteiger partial charge < -0.3 is 21.5 Å². The van der Waals surface area contributed by atoms with Crippen molar-refractivity contribution in [2.75, 3.05) is 18.4 Å². The van der Waals surface area contributed by atoms with Gasteiger partial charge in [0.1, 0.15) is 0 Å². The van der Waals surface area contributed by atoms with Gasteiger partial charge in [0.25, 0.3) is 0 Å². The first-order valence-electron chi connectivity index (χ1n) is 8.39. The predicted molar refractivity (Wildman–Crippen MR) is 94.1 cm³/mol. The average molecular weight is 431 g/mol. The zero-order valence-corrected chi connectivity index (χ0v) is 15.7. The molecule has 0 aliphatic heterocycles. The van der Waals surface area contributed by atoms with Gasteiger partial charge >= 0.3 is 18.3 Å². The van der Waals surface area contributed by atoms with Gasteiger partial charge in [-0.1, -0.05) is 13.8 Å². The number of hydrogen-bond donors (Lipinski definition) is 4. The number of carbonyl (C=O) groups excluding carboxylic acids is 1. The van der Waals surface area contributed by atoms with Crippen LogP contribution >= 0.6 is 0 Å². The van der Waals surface area contributed by atoms with Crippen LogP contribution in [-0.4, -0.2) is 42.3 Å². The van der Waals surface area contributed by atoms with E-state index in [4.69, 9.17) is 15.6 Å². The number of anilines is 1. The number of rotatable bonds is 7. The first-order chi connectivity index (χ1) is 13.2. The van der Waals surface area contributed by atoms with Crippen LogP contribution in [0.5, 0.6) is 0 Å². The van der Waals surface area contributed by atoms with Crippen molar-refractivity contribution < 1.29 is 41.0 Å². The van der Waals surface area contributed by atoms with Crippen molar-refractivity contribution in [3.05, 3.63) is 29.8 Å². The fourth-order valence-corrected chi connectivity index (χ4v) is 1.87. The van der Waals surface area contributed by atoms with Crippen molar-refractivity contribution in [3.8, 4) is 0 Å². The number of carboxylic acid groups (broad SMARTS) is 1. The van der Waals surface area contributed by atoms with Crippen LogP contribution in [0.4, 0.5) is 32.0 Å². The van der Waals surface area contributed by atoms with Crippen molar-refractivity contribution in [3.63, 3.8) is 0 Å². The number of carboxylic acids is 1. The minimum Gasteiger partial charge on any atom is -0.475 e. The van der Waals surface area contributed by atoms with Crippen molar-refractivity contribution >= 4 is 17.6 Å². The van der Waals surface area contributed by atoms with Crippen LogP contribution in [-0.2, 0) is 15.8 Å². The van der Waals surface area contributed by atoms with E-state index in [1.54, 1.807) is 0 Å². The van der Waals surface area contributed by atoms with Gasteiger partial charge in [0, 0.05) is 31.2 Å². The highest BCUT2D eigenvalue weighted by Gasteiger charge is 2.38. The third-order valence-corrected chi connectivity index (χ3v) is 3.50. The van der Waals surface area contributed by atoms with E-state index in [1.165, 1.54) is 12.1 Å². The Morgan fingerprint density at radius 3 is 1.90 bits per heavy atom. The maximum atomic E-state index is 12.5. The van der Waals surface area contributed by atoms with Gasteiger partial charge in [-0.15, -0.1) is 0 Å². The van der Waals surface area contributed by atoms with E-state index in [0.29, 0.717) is 12.2 Å². The molecule has 0 aromatic heterocycles. The summed E-state index contributed by atoms with van der Waals surface area (Å²) in [5.74, 6) is -2.70. The Morgan fingerprint density at radius 1 is 1.07 bits per heavy atom. The maximum Gasteiger partial charge on any atom is 0.490 e. The molecule has 6 nitrogen and oxygen atoms in total. The molecular formula is C17H23F6N3O3. The van der Waals surface area contributed by atoms with Crippen molar-refractivity contribution in [1.29, 1.82) is 0 Å². The third-order valence-electron chi connectivity index (χ3n) is 3.50. The van der Waals surface area contributed by atoms with Gasteiger partial charge in [0.15, 0.2) is 0 Å². The van der Waals surface area contributed by atoms with Crippen LogP contribution in [0.1, 0.15) is 25.8 Å². The number of hydrogen-bond acceptors (Lipinski definition) is 4. The van der Waals surface area contributed by atoms with Crippen LogP contribution in [0.15, 0.2) is 24.3 Å². The lowest BCUT2D eigenvalue weighted by Gasteiger charge is -2.24. The van der Waals surface area contributed by atoms with Gasteiger partial charge in [0.05, 0.1) is 5.56 Å². The Labute approximate surface area is 163 Å². The lowest BCUT2D eigenvalue weighted by atomic mass is 10.0. The minimum atomic E-state index is -5.08. The molecule has 1 aromatic carbocycles. The zero-order chi connectivity index (χ0) is 22.8. The topological polar surface area (TPSA) is 104 Å². The molecule has 29 heavy (non-hydrogen) atoms. The number of nitrogens with two attached hydrogens (primary N) is 1. The molecule has 12 heteroatoms. The van der Waals surface area contributed by atoms with E-state index in [1.807, 2.05) is 13.8 Å². The first-order valence-corrected chi connectivity index (χ1v) is 8.39. The second-order valence-electron chi connectivity index (χ2n) is 6.22. The number of amides is 1. The first kappa shape index (κ1) is 26.5. The fraction of sp³-hybridized carbons (Fsp3) is 0.529. The summed E-state index contributed by atoms with van der Waals surface area (Å²) in [5, 5.41) is 13.0. The minimum absolute atomic E-state index is 0.0848. The molecule has 0 fully saturated rings. The predicted octanol–water partition coefficient (Wildman–Crippen LogP) is 3.24. The Balaban J connectivity index is 0.000000956. The molecule has 1 aromatic rings. The molecule has 0 aliphatic rings. The molecule has 0 saturated heterocycles. The summed E-state index contributed by atoms with van der Waals surface area (Å²) in [7, 11) is 0. The van der Waals surface area contributed by atoms with Crippen LogP contribution in [0.2, 0.25) is 0 Å². The second-order valence-corrected chi connectivity index (χ2v) is 6.22. The molecule has 0 radical (unpaired) electrons. The molecule has 0 aliphatic carbocycles. The highest BCUT2D eigenvalue weighted by molar-refractivity contribution is 5.76. The van der Waals surface area contributed by atoms with E-state index in [0.717, 1.165) is 12.1 Å². The Hall–Kier alpha value is -2.50. The van der Waals surface area contributed by atoms with Gasteiger partial charge in [-0.3, -0.25) is 4.79 Å². The van der Waals surface area contributed by atoms with Crippen molar-refractivity contribution in [2.45, 2.75) is 38.7 Å². The summed E-state index contributed by atoms with van der Waals surface area (Å²) >= 11 is 0. The lowest BCUT2D eigenvalue weighted by molar-refractivity contribution is -0.192. The second kappa shape index (κ2) is 11.5. The number of halogens is 6. The van der Waals surface area contributed by atoms with Crippen molar-refractivity contribution in [1.82, 2.24) is 5.32 Å². The standard InChI is InChI=1S/C15H22F3N3O.C2HF3O2/c1-10(2)13(9-20-14(22)7-8-19)21-12-5-3-11(4-6-12)15(16,17)18;3-2(4,5)1(6)7/h3-6,10,13,21H,7-9,19H2,1-2H3,(H,20,22);(H,6,7)/t13-;/m0./s1. The van der Waals surface area contributed by atoms with Crippen molar-refractivity contribution in [2.24, 2.45) is 11.7 Å². The molecule has 1 amide bonds. The molecule has 0 unspecified atom stereocenters. The summed E-state index contributed by atoms with van der Waals surface area (Å²) in [6.07, 6.45) is -9.17. The Kier molecular flexibility index (Phi) is 10.5. The molecule has 0 spiro atoms. The zero-order valence-electron chi connectivity index (χ0n) is 15.7. The smallest absolute Gasteiger partial charge is 0.475 e. The van der Waals surface area contributed by atoms with Gasteiger partial charge in [0.2, 0.25) is 5.91 Å². The van der Waals surface area contributed by atoms with Gasteiger partial charge in [-0.25, -0.2) is 4.79 Å². The number of aliphatic carboxylic acids is 1. The summed E-state index contributed by atoms with van der Waals surface area (Å²) in [6.45, 7) is 4.61. The SMILES string of the molecule is CC(C)[C@H](CNC(=O)CCN)Nc1ccc(C(F)(F)F)cc1.O=C(O)C(F)(F)F. The number of carbonyl (C=O) groups is 2. The molecule has 166 valence electrons. The lowest BCUT2D eigenvalue weighted by Crippen LogP contribution is -2.40. The van der Waals surface area contributed by atoms with E-state index < -0.39 is 23.9 Å². The largest absolute Gasteiger partial charge is 0.490 e. The van der Waals surface area contributed by atoms with E-state index in [2.05, 4.69) is 10.6 Å². The summed E-state index contributed by atoms with van der Waals surface area (Å²) < 4.78 is 69.3. The van der Waals surface area contributed by atoms with Crippen LogP contribution in [0, 0.1) is 5.92 Å². The molecule has 5 N–H and O–H groups in total.